The van der Waals surface area contributed by atoms with E-state index in [1.54, 1.807) is 24.4 Å². The summed E-state index contributed by atoms with van der Waals surface area (Å²) in [6, 6.07) is 7.96. The molecule has 2 aromatic heterocycles. The fraction of sp³-hybridized carbons (Fsp3) is 0.0667. The molecule has 7 heteroatoms. The third kappa shape index (κ3) is 2.84. The average Bonchev–Trinajstić information content (AvgIpc) is 2.81. The molecule has 0 aliphatic heterocycles. The summed E-state index contributed by atoms with van der Waals surface area (Å²) in [4.78, 5) is 9.20. The van der Waals surface area contributed by atoms with Crippen LogP contribution in [0.15, 0.2) is 46.9 Å². The van der Waals surface area contributed by atoms with Crippen LogP contribution < -0.4 is 4.80 Å². The zero-order valence-electron chi connectivity index (χ0n) is 11.6. The third-order valence-electron chi connectivity index (χ3n) is 3.12. The van der Waals surface area contributed by atoms with Crippen molar-refractivity contribution in [3.05, 3.63) is 51.9 Å². The van der Waals surface area contributed by atoms with E-state index < -0.39 is 0 Å². The molecular formula is C15H12ClN3O2S. The van der Waals surface area contributed by atoms with Gasteiger partial charge in [-0.15, -0.1) is 11.3 Å². The molecule has 22 heavy (non-hydrogen) atoms. The SMILES string of the molecule is Cn1c(-c2ccc(O)cc2O)csc1=Nc1ccnc(Cl)c1. The number of aromatic nitrogens is 2. The van der Waals surface area contributed by atoms with Crippen LogP contribution in [0.3, 0.4) is 0 Å². The van der Waals surface area contributed by atoms with Crippen LogP contribution in [0, 0.1) is 0 Å². The van der Waals surface area contributed by atoms with Crippen molar-refractivity contribution in [2.75, 3.05) is 0 Å². The maximum Gasteiger partial charge on any atom is 0.190 e. The minimum Gasteiger partial charge on any atom is -0.508 e. The summed E-state index contributed by atoms with van der Waals surface area (Å²) in [5.41, 5.74) is 2.14. The molecule has 0 bridgehead atoms. The highest BCUT2D eigenvalue weighted by Gasteiger charge is 2.10. The Morgan fingerprint density at radius 1 is 1.23 bits per heavy atom. The minimum absolute atomic E-state index is 0.0203. The fourth-order valence-corrected chi connectivity index (χ4v) is 3.11. The summed E-state index contributed by atoms with van der Waals surface area (Å²) < 4.78 is 1.87. The Balaban J connectivity index is 2.09. The van der Waals surface area contributed by atoms with Crippen LogP contribution in [0.4, 0.5) is 5.69 Å². The van der Waals surface area contributed by atoms with E-state index in [-0.39, 0.29) is 11.5 Å². The van der Waals surface area contributed by atoms with E-state index in [0.717, 1.165) is 10.5 Å². The lowest BCUT2D eigenvalue weighted by atomic mass is 10.1. The molecule has 0 aliphatic rings. The molecule has 2 heterocycles. The summed E-state index contributed by atoms with van der Waals surface area (Å²) in [5.74, 6) is 0.0439. The van der Waals surface area contributed by atoms with Gasteiger partial charge < -0.3 is 14.8 Å². The van der Waals surface area contributed by atoms with Gasteiger partial charge >= 0.3 is 0 Å². The molecule has 3 aromatic rings. The van der Waals surface area contributed by atoms with E-state index in [1.165, 1.54) is 23.5 Å². The van der Waals surface area contributed by atoms with Crippen LogP contribution in [-0.4, -0.2) is 19.8 Å². The molecule has 1 aromatic carbocycles. The van der Waals surface area contributed by atoms with Gasteiger partial charge in [0.2, 0.25) is 0 Å². The van der Waals surface area contributed by atoms with Gasteiger partial charge in [-0.3, -0.25) is 0 Å². The first-order valence-electron chi connectivity index (χ1n) is 6.38. The predicted molar refractivity (Wildman–Crippen MR) is 86.5 cm³/mol. The van der Waals surface area contributed by atoms with Gasteiger partial charge in [0.05, 0.1) is 11.4 Å². The molecule has 0 unspecified atom stereocenters. The number of aromatic hydroxyl groups is 2. The normalized spacial score (nSPS) is 11.8. The third-order valence-corrected chi connectivity index (χ3v) is 4.24. The van der Waals surface area contributed by atoms with Gasteiger partial charge in [0.1, 0.15) is 16.7 Å². The van der Waals surface area contributed by atoms with Crippen molar-refractivity contribution < 1.29 is 10.2 Å². The van der Waals surface area contributed by atoms with Crippen LogP contribution in [0.5, 0.6) is 11.5 Å². The second-order valence-corrected chi connectivity index (χ2v) is 5.84. The van der Waals surface area contributed by atoms with Gasteiger partial charge in [0.25, 0.3) is 0 Å². The number of nitrogens with zero attached hydrogens (tertiary/aromatic N) is 3. The zero-order chi connectivity index (χ0) is 15.7. The van der Waals surface area contributed by atoms with Crippen molar-refractivity contribution in [1.82, 2.24) is 9.55 Å². The number of phenols is 2. The molecule has 0 aliphatic carbocycles. The highest BCUT2D eigenvalue weighted by atomic mass is 35.5. The van der Waals surface area contributed by atoms with Crippen molar-refractivity contribution in [2.24, 2.45) is 12.0 Å². The molecule has 0 amide bonds. The van der Waals surface area contributed by atoms with Gasteiger partial charge in [-0.2, -0.15) is 0 Å². The van der Waals surface area contributed by atoms with Crippen molar-refractivity contribution in [3.8, 4) is 22.8 Å². The van der Waals surface area contributed by atoms with Crippen LogP contribution in [0.2, 0.25) is 5.15 Å². The summed E-state index contributed by atoms with van der Waals surface area (Å²) in [5, 5.41) is 21.6. The van der Waals surface area contributed by atoms with E-state index in [1.807, 2.05) is 17.0 Å². The number of hydrogen-bond donors (Lipinski definition) is 2. The summed E-state index contributed by atoms with van der Waals surface area (Å²) in [6.45, 7) is 0. The van der Waals surface area contributed by atoms with E-state index >= 15 is 0 Å². The number of phenolic OH excluding ortho intramolecular Hbond substituents is 2. The standard InChI is InChI=1S/C15H12ClN3O2S/c1-19-12(11-3-2-10(20)7-13(11)21)8-22-15(19)18-9-4-5-17-14(16)6-9/h2-8,20-21H,1H3. The Kier molecular flexibility index (Phi) is 3.87. The Morgan fingerprint density at radius 2 is 2.05 bits per heavy atom. The molecule has 0 radical (unpaired) electrons. The number of rotatable bonds is 2. The topological polar surface area (TPSA) is 70.6 Å². The smallest absolute Gasteiger partial charge is 0.190 e. The minimum atomic E-state index is 0.0203. The lowest BCUT2D eigenvalue weighted by Gasteiger charge is -2.06. The second kappa shape index (κ2) is 5.82. The van der Waals surface area contributed by atoms with Crippen LogP contribution in [-0.2, 0) is 7.05 Å². The van der Waals surface area contributed by atoms with Crippen molar-refractivity contribution >= 4 is 28.6 Å². The number of halogens is 1. The fourth-order valence-electron chi connectivity index (χ4n) is 2.02. The molecule has 2 N–H and O–H groups in total. The monoisotopic (exact) mass is 333 g/mol. The van der Waals surface area contributed by atoms with Gasteiger partial charge in [-0.25, -0.2) is 9.98 Å². The Morgan fingerprint density at radius 3 is 2.77 bits per heavy atom. The van der Waals surface area contributed by atoms with Gasteiger partial charge in [0, 0.05) is 36.3 Å². The maximum atomic E-state index is 9.98. The number of benzene rings is 1. The zero-order valence-corrected chi connectivity index (χ0v) is 13.1. The first-order chi connectivity index (χ1) is 10.5. The molecule has 5 nitrogen and oxygen atoms in total. The molecule has 3 rings (SSSR count). The quantitative estimate of drug-likeness (QED) is 0.706. The lowest BCUT2D eigenvalue weighted by Crippen LogP contribution is -2.10. The van der Waals surface area contributed by atoms with Crippen molar-refractivity contribution in [1.29, 1.82) is 0 Å². The molecule has 0 spiro atoms. The Bertz CT molecular complexity index is 902. The van der Waals surface area contributed by atoms with Gasteiger partial charge in [0.15, 0.2) is 4.80 Å². The Labute approximate surface area is 135 Å². The van der Waals surface area contributed by atoms with E-state index in [4.69, 9.17) is 11.6 Å². The largest absolute Gasteiger partial charge is 0.508 e. The second-order valence-electron chi connectivity index (χ2n) is 4.61. The molecule has 0 atom stereocenters. The predicted octanol–water partition coefficient (Wildman–Crippen LogP) is 3.45. The van der Waals surface area contributed by atoms with Crippen LogP contribution in [0.25, 0.3) is 11.3 Å². The molecule has 0 saturated carbocycles. The number of hydrogen-bond acceptors (Lipinski definition) is 5. The number of thiazole rings is 1. The first kappa shape index (κ1) is 14.6. The van der Waals surface area contributed by atoms with Gasteiger partial charge in [-0.1, -0.05) is 11.6 Å². The Hall–Kier alpha value is -2.31. The van der Waals surface area contributed by atoms with Crippen LogP contribution >= 0.6 is 22.9 Å². The maximum absolute atomic E-state index is 9.98. The summed E-state index contributed by atoms with van der Waals surface area (Å²) >= 11 is 7.30. The van der Waals surface area contributed by atoms with Gasteiger partial charge in [-0.05, 0) is 18.2 Å². The van der Waals surface area contributed by atoms with Crippen molar-refractivity contribution in [2.45, 2.75) is 0 Å². The summed E-state index contributed by atoms with van der Waals surface area (Å²) in [6.07, 6.45) is 1.60. The van der Waals surface area contributed by atoms with Crippen LogP contribution in [0.1, 0.15) is 0 Å². The van der Waals surface area contributed by atoms with Crippen molar-refractivity contribution in [3.63, 3.8) is 0 Å². The van der Waals surface area contributed by atoms with E-state index in [2.05, 4.69) is 9.98 Å². The summed E-state index contributed by atoms with van der Waals surface area (Å²) in [7, 11) is 1.86. The van der Waals surface area contributed by atoms with E-state index in [9.17, 15) is 10.2 Å². The highest BCUT2D eigenvalue weighted by molar-refractivity contribution is 7.07. The number of pyridine rings is 1. The molecule has 0 saturated heterocycles. The first-order valence-corrected chi connectivity index (χ1v) is 7.63. The molecule has 112 valence electrons. The average molecular weight is 334 g/mol. The highest BCUT2D eigenvalue weighted by Crippen LogP contribution is 2.31. The lowest BCUT2D eigenvalue weighted by molar-refractivity contribution is 0.451. The molecule has 0 fully saturated rings. The molecular weight excluding hydrogens is 322 g/mol. The van der Waals surface area contributed by atoms with E-state index in [0.29, 0.717) is 16.4 Å².